The molecule has 0 radical (unpaired) electrons. The lowest BCUT2D eigenvalue weighted by Gasteiger charge is -2.19. The predicted octanol–water partition coefficient (Wildman–Crippen LogP) is 7.16. The number of hydrogen-bond acceptors (Lipinski definition) is 7. The van der Waals surface area contributed by atoms with E-state index in [9.17, 15) is 4.79 Å². The van der Waals surface area contributed by atoms with Gasteiger partial charge in [-0.2, -0.15) is 0 Å². The highest BCUT2D eigenvalue weighted by Crippen LogP contribution is 2.30. The van der Waals surface area contributed by atoms with Gasteiger partial charge < -0.3 is 15.0 Å². The van der Waals surface area contributed by atoms with Crippen LogP contribution in [0.2, 0.25) is 0 Å². The highest BCUT2D eigenvalue weighted by Gasteiger charge is 2.26. The van der Waals surface area contributed by atoms with Crippen LogP contribution in [0.3, 0.4) is 0 Å². The van der Waals surface area contributed by atoms with Gasteiger partial charge in [0.1, 0.15) is 17.1 Å². The second kappa shape index (κ2) is 12.6. The fraction of sp³-hybridized carbons (Fsp3) is 0.111. The first-order valence-electron chi connectivity index (χ1n) is 14.7. The van der Waals surface area contributed by atoms with Crippen LogP contribution in [0.15, 0.2) is 122 Å². The van der Waals surface area contributed by atoms with Crippen molar-refractivity contribution in [2.24, 2.45) is 0 Å². The van der Waals surface area contributed by atoms with Crippen LogP contribution in [0.1, 0.15) is 28.3 Å². The summed E-state index contributed by atoms with van der Waals surface area (Å²) in [5, 5.41) is 3.42. The molecule has 1 atom stereocenters. The lowest BCUT2D eigenvalue weighted by Crippen LogP contribution is -2.31. The van der Waals surface area contributed by atoms with Gasteiger partial charge in [-0.15, -0.1) is 0 Å². The van der Waals surface area contributed by atoms with Gasteiger partial charge in [0.15, 0.2) is 0 Å². The number of benzene rings is 3. The summed E-state index contributed by atoms with van der Waals surface area (Å²) < 4.78 is 5.97. The molecule has 1 aliphatic rings. The van der Waals surface area contributed by atoms with Crippen LogP contribution in [0.4, 0.5) is 5.69 Å². The van der Waals surface area contributed by atoms with E-state index in [2.05, 4.69) is 44.5 Å². The molecule has 220 valence electrons. The van der Waals surface area contributed by atoms with Crippen LogP contribution in [0, 0.1) is 0 Å². The average molecular weight is 609 g/mol. The number of likely N-dealkylation sites (tertiary alicyclic amines) is 1. The van der Waals surface area contributed by atoms with E-state index in [-0.39, 0.29) is 5.91 Å². The number of anilines is 1. The predicted molar refractivity (Wildman–Crippen MR) is 179 cm³/mol. The van der Waals surface area contributed by atoms with Crippen molar-refractivity contribution in [3.05, 3.63) is 133 Å². The first kappa shape index (κ1) is 28.2. The van der Waals surface area contributed by atoms with E-state index in [1.165, 1.54) is 5.56 Å². The molecule has 1 N–H and O–H groups in total. The molecule has 3 aromatic heterocycles. The Morgan fingerprint density at radius 3 is 2.11 bits per heavy atom. The smallest absolute Gasteiger partial charge is 0.264 e. The lowest BCUT2D eigenvalue weighted by atomic mass is 9.99. The molecule has 7 rings (SSSR count). The maximum Gasteiger partial charge on any atom is 0.264 e. The van der Waals surface area contributed by atoms with Gasteiger partial charge in [-0.3, -0.25) is 14.8 Å². The first-order chi connectivity index (χ1) is 22.1. The van der Waals surface area contributed by atoms with Crippen molar-refractivity contribution < 1.29 is 9.53 Å². The van der Waals surface area contributed by atoms with E-state index >= 15 is 0 Å². The molecule has 9 heteroatoms. The van der Waals surface area contributed by atoms with Gasteiger partial charge in [0.05, 0.1) is 22.4 Å². The summed E-state index contributed by atoms with van der Waals surface area (Å²) in [6.45, 7) is 1.68. The number of hydrogen-bond donors (Lipinski definition) is 1. The zero-order valence-corrected chi connectivity index (χ0v) is 25.0. The van der Waals surface area contributed by atoms with Crippen LogP contribution in [-0.2, 0) is 0 Å². The Morgan fingerprint density at radius 1 is 0.778 bits per heavy atom. The Balaban J connectivity index is 1.05. The number of carbonyl (C=O) groups excluding carboxylic acids is 1. The molecule has 0 saturated carbocycles. The summed E-state index contributed by atoms with van der Waals surface area (Å²) in [6, 6.07) is 34.2. The highest BCUT2D eigenvalue weighted by atomic mass is 32.1. The van der Waals surface area contributed by atoms with Gasteiger partial charge in [-0.1, -0.05) is 42.5 Å². The van der Waals surface area contributed by atoms with E-state index in [1.807, 2.05) is 60.7 Å². The number of thiocarbonyl (C=S) groups is 1. The summed E-state index contributed by atoms with van der Waals surface area (Å²) in [6.07, 6.45) is 4.48. The van der Waals surface area contributed by atoms with Gasteiger partial charge in [0.25, 0.3) is 11.1 Å². The molecule has 3 aromatic carbocycles. The number of rotatable bonds is 6. The molecule has 0 spiro atoms. The van der Waals surface area contributed by atoms with Crippen molar-refractivity contribution in [2.45, 2.75) is 12.3 Å². The van der Waals surface area contributed by atoms with Crippen LogP contribution >= 0.6 is 12.2 Å². The molecule has 0 unspecified atom stereocenters. The summed E-state index contributed by atoms with van der Waals surface area (Å²) in [7, 11) is 0. The molecule has 8 nitrogen and oxygen atoms in total. The van der Waals surface area contributed by atoms with E-state index in [0.717, 1.165) is 19.5 Å². The summed E-state index contributed by atoms with van der Waals surface area (Å²) in [5.74, 6) is 0.771. The molecule has 0 bridgehead atoms. The standard InChI is InChI=1S/C36H28N6O2S/c43-35(25-12-15-28(16-13-25)44-36(45)42-21-18-26(23-42)24-8-2-1-3-9-24)39-27-14-17-29-32(22-27)41-34(31-11-5-7-20-38-31)33(40-29)30-10-4-6-19-37-30/h1-17,19-20,22,26H,18,21,23H2,(H,39,43)/t26-/m1/s1. The fourth-order valence-corrected chi connectivity index (χ4v) is 5.72. The van der Waals surface area contributed by atoms with Crippen molar-refractivity contribution in [1.82, 2.24) is 24.8 Å². The second-order valence-corrected chi connectivity index (χ2v) is 11.1. The average Bonchev–Trinajstić information content (AvgIpc) is 3.60. The van der Waals surface area contributed by atoms with Crippen molar-refractivity contribution >= 4 is 40.0 Å². The number of nitrogens with one attached hydrogen (secondary N) is 1. The summed E-state index contributed by atoms with van der Waals surface area (Å²) in [5.41, 5.74) is 6.36. The van der Waals surface area contributed by atoms with Gasteiger partial charge in [0.2, 0.25) is 0 Å². The molecular formula is C36H28N6O2S. The maximum absolute atomic E-state index is 13.2. The number of ether oxygens (including phenoxy) is 1. The second-order valence-electron chi connectivity index (χ2n) is 10.7. The van der Waals surface area contributed by atoms with Crippen molar-refractivity contribution in [3.8, 4) is 28.5 Å². The Kier molecular flexibility index (Phi) is 7.90. The van der Waals surface area contributed by atoms with Gasteiger partial charge >= 0.3 is 0 Å². The van der Waals surface area contributed by atoms with Crippen molar-refractivity contribution in [3.63, 3.8) is 0 Å². The SMILES string of the molecule is O=C(Nc1ccc2nc(-c3ccccn3)c(-c3ccccn3)nc2c1)c1ccc(OC(=S)N2CC[C@@H](c3ccccc3)C2)cc1. The number of amides is 1. The maximum atomic E-state index is 13.2. The van der Waals surface area contributed by atoms with Gasteiger partial charge in [-0.05, 0) is 90.9 Å². The molecule has 4 heterocycles. The first-order valence-corrected chi connectivity index (χ1v) is 15.1. The Hall–Kier alpha value is -5.54. The minimum atomic E-state index is -0.253. The third kappa shape index (κ3) is 6.25. The normalized spacial score (nSPS) is 14.3. The molecule has 1 amide bonds. The van der Waals surface area contributed by atoms with E-state index < -0.39 is 0 Å². The van der Waals surface area contributed by atoms with Gasteiger partial charge in [0, 0.05) is 42.7 Å². The molecule has 45 heavy (non-hydrogen) atoms. The summed E-state index contributed by atoms with van der Waals surface area (Å²) >= 11 is 5.59. The molecule has 0 aliphatic carbocycles. The van der Waals surface area contributed by atoms with Crippen molar-refractivity contribution in [1.29, 1.82) is 0 Å². The minimum Gasteiger partial charge on any atom is -0.432 e. The number of aromatic nitrogens is 4. The molecule has 1 aliphatic heterocycles. The topological polar surface area (TPSA) is 93.1 Å². The van der Waals surface area contributed by atoms with Gasteiger partial charge in [-0.25, -0.2) is 9.97 Å². The minimum absolute atomic E-state index is 0.253. The van der Waals surface area contributed by atoms with E-state index in [1.54, 1.807) is 36.7 Å². The zero-order valence-electron chi connectivity index (χ0n) is 24.2. The number of nitrogens with zero attached hydrogens (tertiary/aromatic N) is 5. The number of carbonyl (C=O) groups is 1. The van der Waals surface area contributed by atoms with Crippen LogP contribution < -0.4 is 10.1 Å². The van der Waals surface area contributed by atoms with E-state index in [4.69, 9.17) is 26.9 Å². The Morgan fingerprint density at radius 2 is 1.44 bits per heavy atom. The lowest BCUT2D eigenvalue weighted by molar-refractivity contribution is 0.102. The van der Waals surface area contributed by atoms with Crippen LogP contribution in [0.5, 0.6) is 5.75 Å². The van der Waals surface area contributed by atoms with Crippen LogP contribution in [0.25, 0.3) is 33.8 Å². The quantitative estimate of drug-likeness (QED) is 0.199. The summed E-state index contributed by atoms with van der Waals surface area (Å²) in [4.78, 5) is 34.0. The fourth-order valence-electron chi connectivity index (χ4n) is 5.46. The third-order valence-electron chi connectivity index (χ3n) is 7.78. The number of pyridine rings is 2. The molecule has 6 aromatic rings. The largest absolute Gasteiger partial charge is 0.432 e. The van der Waals surface area contributed by atoms with Crippen molar-refractivity contribution in [2.75, 3.05) is 18.4 Å². The Labute approximate surface area is 265 Å². The van der Waals surface area contributed by atoms with Crippen LogP contribution in [-0.4, -0.2) is 49.0 Å². The number of fused-ring (bicyclic) bond motifs is 1. The monoisotopic (exact) mass is 608 g/mol. The third-order valence-corrected chi connectivity index (χ3v) is 8.12. The molecular weight excluding hydrogens is 581 g/mol. The zero-order chi connectivity index (χ0) is 30.6. The van der Waals surface area contributed by atoms with E-state index in [0.29, 0.717) is 61.9 Å². The molecule has 1 fully saturated rings. The molecule has 1 saturated heterocycles. The Bertz CT molecular complexity index is 1970. The highest BCUT2D eigenvalue weighted by molar-refractivity contribution is 7.80.